The largest absolute Gasteiger partial charge is 0.355 e. The van der Waals surface area contributed by atoms with Crippen molar-refractivity contribution in [2.45, 2.75) is 31.7 Å². The highest BCUT2D eigenvalue weighted by molar-refractivity contribution is 5.80. The number of anilines is 1. The standard InChI is InChI=1S/C18H24N6O/c25-18(23-10-2-5-16(14-23)24-11-3-6-21-24)15-4-1-9-22(13-15)17-12-19-7-8-20-17/h3,6-8,11-12,15-16H,1-2,4-5,9-10,13-14H2/t15-,16-/m1/s1. The second-order valence-electron chi connectivity index (χ2n) is 6.92. The number of likely N-dealkylation sites (tertiary alicyclic amines) is 1. The Morgan fingerprint density at radius 1 is 1.08 bits per heavy atom. The first-order valence-electron chi connectivity index (χ1n) is 9.10. The van der Waals surface area contributed by atoms with Gasteiger partial charge in [0.15, 0.2) is 0 Å². The van der Waals surface area contributed by atoms with Crippen LogP contribution in [-0.4, -0.2) is 56.7 Å². The molecule has 7 heteroatoms. The van der Waals surface area contributed by atoms with Gasteiger partial charge in [0.05, 0.1) is 18.2 Å². The molecular weight excluding hydrogens is 316 g/mol. The Balaban J connectivity index is 1.41. The Hall–Kier alpha value is -2.44. The van der Waals surface area contributed by atoms with Gasteiger partial charge >= 0.3 is 0 Å². The van der Waals surface area contributed by atoms with Crippen LogP contribution in [0.1, 0.15) is 31.7 Å². The van der Waals surface area contributed by atoms with E-state index in [2.05, 4.69) is 20.0 Å². The summed E-state index contributed by atoms with van der Waals surface area (Å²) >= 11 is 0. The van der Waals surface area contributed by atoms with E-state index in [0.29, 0.717) is 6.04 Å². The van der Waals surface area contributed by atoms with Gasteiger partial charge in [0.2, 0.25) is 5.91 Å². The molecule has 2 saturated heterocycles. The molecule has 4 heterocycles. The maximum atomic E-state index is 13.1. The molecule has 2 aromatic rings. The molecule has 7 nitrogen and oxygen atoms in total. The van der Waals surface area contributed by atoms with Gasteiger partial charge in [-0.1, -0.05) is 0 Å². The molecule has 0 spiro atoms. The Labute approximate surface area is 147 Å². The first kappa shape index (κ1) is 16.1. The van der Waals surface area contributed by atoms with E-state index in [4.69, 9.17) is 0 Å². The summed E-state index contributed by atoms with van der Waals surface area (Å²) in [6.07, 6.45) is 13.1. The number of rotatable bonds is 3. The lowest BCUT2D eigenvalue weighted by Gasteiger charge is -2.38. The van der Waals surface area contributed by atoms with Gasteiger partial charge in [-0.25, -0.2) is 4.98 Å². The lowest BCUT2D eigenvalue weighted by molar-refractivity contribution is -0.137. The normalized spacial score (nSPS) is 24.3. The summed E-state index contributed by atoms with van der Waals surface area (Å²) in [5, 5.41) is 4.35. The second-order valence-corrected chi connectivity index (χ2v) is 6.92. The first-order chi connectivity index (χ1) is 12.3. The van der Waals surface area contributed by atoms with Gasteiger partial charge in [0, 0.05) is 51.0 Å². The summed E-state index contributed by atoms with van der Waals surface area (Å²) in [5.41, 5.74) is 0. The van der Waals surface area contributed by atoms with Crippen molar-refractivity contribution in [2.75, 3.05) is 31.1 Å². The first-order valence-corrected chi connectivity index (χ1v) is 9.10. The SMILES string of the molecule is O=C([C@@H]1CCCN(c2cnccn2)C1)N1CCC[C@@H](n2cccn2)C1. The summed E-state index contributed by atoms with van der Waals surface area (Å²) in [6, 6.07) is 2.24. The molecule has 0 N–H and O–H groups in total. The van der Waals surface area contributed by atoms with Crippen LogP contribution in [0.15, 0.2) is 37.1 Å². The molecule has 0 bridgehead atoms. The Bertz CT molecular complexity index is 689. The highest BCUT2D eigenvalue weighted by atomic mass is 16.2. The van der Waals surface area contributed by atoms with Crippen molar-refractivity contribution < 1.29 is 4.79 Å². The summed E-state index contributed by atoms with van der Waals surface area (Å²) in [5.74, 6) is 1.20. The van der Waals surface area contributed by atoms with Crippen molar-refractivity contribution in [2.24, 2.45) is 5.92 Å². The van der Waals surface area contributed by atoms with Crippen LogP contribution in [0.3, 0.4) is 0 Å². The predicted molar refractivity (Wildman–Crippen MR) is 94.0 cm³/mol. The van der Waals surface area contributed by atoms with E-state index in [9.17, 15) is 4.79 Å². The molecule has 0 unspecified atom stereocenters. The monoisotopic (exact) mass is 340 g/mol. The van der Waals surface area contributed by atoms with Crippen LogP contribution in [0.2, 0.25) is 0 Å². The van der Waals surface area contributed by atoms with E-state index in [1.54, 1.807) is 24.8 Å². The molecule has 0 radical (unpaired) electrons. The lowest BCUT2D eigenvalue weighted by atomic mass is 9.95. The van der Waals surface area contributed by atoms with Crippen LogP contribution < -0.4 is 4.90 Å². The van der Waals surface area contributed by atoms with Gasteiger partial charge in [-0.05, 0) is 31.7 Å². The average Bonchev–Trinajstić information content (AvgIpc) is 3.23. The summed E-state index contributed by atoms with van der Waals surface area (Å²) in [7, 11) is 0. The fourth-order valence-electron chi connectivity index (χ4n) is 3.97. The zero-order chi connectivity index (χ0) is 17.1. The van der Waals surface area contributed by atoms with Crippen LogP contribution in [0.4, 0.5) is 5.82 Å². The molecule has 2 aliphatic heterocycles. The number of carbonyl (C=O) groups excluding carboxylic acids is 1. The minimum absolute atomic E-state index is 0.0483. The van der Waals surface area contributed by atoms with Gasteiger partial charge in [-0.15, -0.1) is 0 Å². The van der Waals surface area contributed by atoms with Gasteiger partial charge in [0.1, 0.15) is 5.82 Å². The van der Waals surface area contributed by atoms with E-state index in [1.807, 2.05) is 21.8 Å². The molecule has 0 saturated carbocycles. The molecular formula is C18H24N6O. The molecule has 1 amide bonds. The number of piperidine rings is 2. The van der Waals surface area contributed by atoms with Crippen LogP contribution in [0.5, 0.6) is 0 Å². The third-order valence-electron chi connectivity index (χ3n) is 5.25. The number of carbonyl (C=O) groups is 1. The van der Waals surface area contributed by atoms with Crippen LogP contribution >= 0.6 is 0 Å². The van der Waals surface area contributed by atoms with Gasteiger partial charge in [0.25, 0.3) is 0 Å². The topological polar surface area (TPSA) is 67.2 Å². The third-order valence-corrected chi connectivity index (χ3v) is 5.25. The van der Waals surface area contributed by atoms with Crippen molar-refractivity contribution in [1.29, 1.82) is 0 Å². The fourth-order valence-corrected chi connectivity index (χ4v) is 3.97. The average molecular weight is 340 g/mol. The lowest BCUT2D eigenvalue weighted by Crippen LogP contribution is -2.48. The van der Waals surface area contributed by atoms with Crippen molar-refractivity contribution in [3.63, 3.8) is 0 Å². The van der Waals surface area contributed by atoms with Gasteiger partial charge in [-0.3, -0.25) is 14.5 Å². The van der Waals surface area contributed by atoms with E-state index in [-0.39, 0.29) is 11.8 Å². The minimum Gasteiger partial charge on any atom is -0.355 e. The number of aromatic nitrogens is 4. The maximum absolute atomic E-state index is 13.1. The maximum Gasteiger partial charge on any atom is 0.227 e. The van der Waals surface area contributed by atoms with E-state index >= 15 is 0 Å². The number of hydrogen-bond acceptors (Lipinski definition) is 5. The molecule has 132 valence electrons. The van der Waals surface area contributed by atoms with Gasteiger partial charge < -0.3 is 9.80 Å². The Morgan fingerprint density at radius 3 is 2.80 bits per heavy atom. The molecule has 25 heavy (non-hydrogen) atoms. The highest BCUT2D eigenvalue weighted by Crippen LogP contribution is 2.26. The van der Waals surface area contributed by atoms with E-state index < -0.39 is 0 Å². The van der Waals surface area contributed by atoms with Crippen LogP contribution in [0.25, 0.3) is 0 Å². The molecule has 2 aliphatic rings. The fraction of sp³-hybridized carbons (Fsp3) is 0.556. The zero-order valence-electron chi connectivity index (χ0n) is 14.4. The van der Waals surface area contributed by atoms with E-state index in [0.717, 1.165) is 57.7 Å². The van der Waals surface area contributed by atoms with Crippen LogP contribution in [-0.2, 0) is 4.79 Å². The zero-order valence-corrected chi connectivity index (χ0v) is 14.4. The third kappa shape index (κ3) is 3.50. The number of amides is 1. The molecule has 0 aromatic carbocycles. The summed E-state index contributed by atoms with van der Waals surface area (Å²) in [6.45, 7) is 3.30. The molecule has 2 atom stereocenters. The quantitative estimate of drug-likeness (QED) is 0.852. The smallest absolute Gasteiger partial charge is 0.227 e. The summed E-state index contributed by atoms with van der Waals surface area (Å²) < 4.78 is 1.99. The minimum atomic E-state index is 0.0483. The van der Waals surface area contributed by atoms with Crippen molar-refractivity contribution >= 4 is 11.7 Å². The predicted octanol–water partition coefficient (Wildman–Crippen LogP) is 1.75. The van der Waals surface area contributed by atoms with Crippen LogP contribution in [0, 0.1) is 5.92 Å². The molecule has 2 fully saturated rings. The van der Waals surface area contributed by atoms with Crippen molar-refractivity contribution in [3.05, 3.63) is 37.1 Å². The molecule has 4 rings (SSSR count). The molecule has 0 aliphatic carbocycles. The Kier molecular flexibility index (Phi) is 4.63. The summed E-state index contributed by atoms with van der Waals surface area (Å²) in [4.78, 5) is 25.8. The molecule has 2 aromatic heterocycles. The van der Waals surface area contributed by atoms with E-state index in [1.165, 1.54) is 0 Å². The van der Waals surface area contributed by atoms with Crippen molar-refractivity contribution in [1.82, 2.24) is 24.6 Å². The van der Waals surface area contributed by atoms with Gasteiger partial charge in [-0.2, -0.15) is 5.10 Å². The number of hydrogen-bond donors (Lipinski definition) is 0. The second kappa shape index (κ2) is 7.21. The highest BCUT2D eigenvalue weighted by Gasteiger charge is 2.32. The Morgan fingerprint density at radius 2 is 2.00 bits per heavy atom. The van der Waals surface area contributed by atoms with Crippen molar-refractivity contribution in [3.8, 4) is 0 Å². The number of nitrogens with zero attached hydrogens (tertiary/aromatic N) is 6.